The second kappa shape index (κ2) is 2.69. The summed E-state index contributed by atoms with van der Waals surface area (Å²) in [7, 11) is -2.88. The van der Waals surface area contributed by atoms with Gasteiger partial charge in [0, 0.05) is 12.1 Å². The summed E-state index contributed by atoms with van der Waals surface area (Å²) < 4.78 is 21.0. The maximum atomic E-state index is 10.5. The van der Waals surface area contributed by atoms with Crippen LogP contribution in [0.15, 0.2) is 0 Å². The topological polar surface area (TPSA) is 34.1 Å². The molecule has 0 aromatic heterocycles. The zero-order valence-corrected chi connectivity index (χ0v) is 6.46. The first kappa shape index (κ1) is 8.24. The normalized spacial score (nSPS) is 15.9. The Balaban J connectivity index is 4.04. The smallest absolute Gasteiger partial charge is 0.151 e. The Labute approximate surface area is 54.8 Å². The predicted molar refractivity (Wildman–Crippen MR) is 35.0 cm³/mol. The predicted octanol–water partition coefficient (Wildman–Crippen LogP) is 0.658. The Morgan fingerprint density at radius 2 is 2.00 bits per heavy atom. The average Bonchev–Trinajstić information content (AvgIpc) is 1.62. The van der Waals surface area contributed by atoms with E-state index in [1.165, 1.54) is 6.26 Å². The number of sulfone groups is 1. The lowest BCUT2D eigenvalue weighted by atomic mass is 10.6. The molecule has 0 aromatic carbocycles. The van der Waals surface area contributed by atoms with Gasteiger partial charge in [-0.3, -0.25) is 0 Å². The summed E-state index contributed by atoms with van der Waals surface area (Å²) in [4.78, 5) is 0. The van der Waals surface area contributed by atoms with Crippen molar-refractivity contribution in [2.24, 2.45) is 0 Å². The number of hydrogen-bond donors (Lipinski definition) is 0. The van der Waals surface area contributed by atoms with Gasteiger partial charge in [0.1, 0.15) is 0 Å². The Morgan fingerprint density at radius 1 is 1.62 bits per heavy atom. The molecule has 0 aliphatic rings. The van der Waals surface area contributed by atoms with Crippen molar-refractivity contribution in [1.29, 1.82) is 0 Å². The molecule has 0 saturated heterocycles. The van der Waals surface area contributed by atoms with Gasteiger partial charge in [0.15, 0.2) is 9.84 Å². The van der Waals surface area contributed by atoms with Crippen molar-refractivity contribution < 1.29 is 8.42 Å². The first-order chi connectivity index (χ1) is 3.48. The van der Waals surface area contributed by atoms with E-state index in [0.717, 1.165) is 0 Å². The van der Waals surface area contributed by atoms with Gasteiger partial charge < -0.3 is 0 Å². The van der Waals surface area contributed by atoms with E-state index in [1.807, 2.05) is 0 Å². The molecule has 0 amide bonds. The minimum Gasteiger partial charge on any atom is -0.229 e. The molecule has 1 unspecified atom stereocenters. The van der Waals surface area contributed by atoms with Crippen LogP contribution in [0, 0.1) is 0 Å². The van der Waals surface area contributed by atoms with E-state index in [9.17, 15) is 8.42 Å². The minimum absolute atomic E-state index is 0.179. The van der Waals surface area contributed by atoms with Gasteiger partial charge in [0.05, 0.1) is 5.25 Å². The molecule has 1 atom stereocenters. The molecule has 0 aliphatic heterocycles. The largest absolute Gasteiger partial charge is 0.229 e. The standard InChI is InChI=1S/C4H9ClO2S/c1-4(3-5)8(2,6)7/h4H,3H2,1-2H3. The lowest BCUT2D eigenvalue weighted by Gasteiger charge is -2.00. The molecule has 0 radical (unpaired) electrons. The molecule has 0 spiro atoms. The van der Waals surface area contributed by atoms with Crippen LogP contribution in [0.25, 0.3) is 0 Å². The maximum Gasteiger partial charge on any atom is 0.151 e. The van der Waals surface area contributed by atoms with Gasteiger partial charge in [-0.15, -0.1) is 11.6 Å². The summed E-state index contributed by atoms with van der Waals surface area (Å²) in [6.07, 6.45) is 1.18. The Morgan fingerprint density at radius 3 is 2.00 bits per heavy atom. The highest BCUT2D eigenvalue weighted by Gasteiger charge is 2.11. The van der Waals surface area contributed by atoms with Crippen LogP contribution in [0.4, 0.5) is 0 Å². The van der Waals surface area contributed by atoms with Gasteiger partial charge in [0.2, 0.25) is 0 Å². The summed E-state index contributed by atoms with van der Waals surface area (Å²) in [6, 6.07) is 0. The van der Waals surface area contributed by atoms with Gasteiger partial charge >= 0.3 is 0 Å². The molecule has 4 heteroatoms. The van der Waals surface area contributed by atoms with Crippen LogP contribution in [-0.4, -0.2) is 25.8 Å². The van der Waals surface area contributed by atoms with Crippen LogP contribution in [0.1, 0.15) is 6.92 Å². The van der Waals surface area contributed by atoms with Crippen LogP contribution in [0.5, 0.6) is 0 Å². The van der Waals surface area contributed by atoms with Crippen LogP contribution in [0.3, 0.4) is 0 Å². The fourth-order valence-corrected chi connectivity index (χ4v) is 1.03. The summed E-state index contributed by atoms with van der Waals surface area (Å²) in [6.45, 7) is 1.59. The van der Waals surface area contributed by atoms with E-state index in [0.29, 0.717) is 0 Å². The van der Waals surface area contributed by atoms with Gasteiger partial charge in [-0.1, -0.05) is 0 Å². The second-order valence-electron chi connectivity index (χ2n) is 1.79. The molecule has 0 aromatic rings. The SMILES string of the molecule is CC(CCl)S(C)(=O)=O. The first-order valence-electron chi connectivity index (χ1n) is 2.23. The zero-order chi connectivity index (χ0) is 6.78. The monoisotopic (exact) mass is 156 g/mol. The van der Waals surface area contributed by atoms with Crippen LogP contribution < -0.4 is 0 Å². The van der Waals surface area contributed by atoms with Gasteiger partial charge in [-0.25, -0.2) is 8.42 Å². The van der Waals surface area contributed by atoms with Crippen molar-refractivity contribution in [3.63, 3.8) is 0 Å². The van der Waals surface area contributed by atoms with Crippen LogP contribution in [-0.2, 0) is 9.84 Å². The summed E-state index contributed by atoms with van der Waals surface area (Å²) in [5, 5.41) is -0.413. The van der Waals surface area contributed by atoms with E-state index in [1.54, 1.807) is 6.92 Å². The van der Waals surface area contributed by atoms with Gasteiger partial charge in [0.25, 0.3) is 0 Å². The maximum absolute atomic E-state index is 10.5. The Kier molecular flexibility index (Phi) is 2.77. The lowest BCUT2D eigenvalue weighted by molar-refractivity contribution is 0.594. The molecule has 0 aliphatic carbocycles. The van der Waals surface area contributed by atoms with Crippen molar-refractivity contribution in [3.8, 4) is 0 Å². The van der Waals surface area contributed by atoms with Gasteiger partial charge in [-0.2, -0.15) is 0 Å². The fourth-order valence-electron chi connectivity index (χ4n) is 0.114. The highest BCUT2D eigenvalue weighted by Crippen LogP contribution is 1.98. The third kappa shape index (κ3) is 2.52. The van der Waals surface area contributed by atoms with E-state index < -0.39 is 15.1 Å². The second-order valence-corrected chi connectivity index (χ2v) is 4.57. The highest BCUT2D eigenvalue weighted by molar-refractivity contribution is 7.91. The van der Waals surface area contributed by atoms with E-state index in [4.69, 9.17) is 11.6 Å². The highest BCUT2D eigenvalue weighted by atomic mass is 35.5. The van der Waals surface area contributed by atoms with E-state index in [2.05, 4.69) is 0 Å². The van der Waals surface area contributed by atoms with E-state index in [-0.39, 0.29) is 5.88 Å². The van der Waals surface area contributed by atoms with Gasteiger partial charge in [-0.05, 0) is 6.92 Å². The molecule has 8 heavy (non-hydrogen) atoms. The molecular weight excluding hydrogens is 148 g/mol. The molecule has 0 fully saturated rings. The molecule has 2 nitrogen and oxygen atoms in total. The Hall–Kier alpha value is 0.240. The molecule has 0 bridgehead atoms. The lowest BCUT2D eigenvalue weighted by Crippen LogP contribution is -2.16. The molecule has 0 N–H and O–H groups in total. The average molecular weight is 157 g/mol. The molecule has 0 rings (SSSR count). The summed E-state index contributed by atoms with van der Waals surface area (Å²) in [5.41, 5.74) is 0. The molecule has 50 valence electrons. The molecule has 0 heterocycles. The molecular formula is C4H9ClO2S. The first-order valence-corrected chi connectivity index (χ1v) is 4.72. The third-order valence-corrected chi connectivity index (χ3v) is 3.22. The fraction of sp³-hybridized carbons (Fsp3) is 1.00. The Bertz CT molecular complexity index is 149. The number of hydrogen-bond acceptors (Lipinski definition) is 2. The zero-order valence-electron chi connectivity index (χ0n) is 4.89. The minimum atomic E-state index is -2.88. The quantitative estimate of drug-likeness (QED) is 0.551. The summed E-state index contributed by atoms with van der Waals surface area (Å²) in [5.74, 6) is 0.179. The third-order valence-electron chi connectivity index (χ3n) is 0.948. The van der Waals surface area contributed by atoms with Crippen LogP contribution >= 0.6 is 11.6 Å². The van der Waals surface area contributed by atoms with Crippen molar-refractivity contribution in [2.45, 2.75) is 12.2 Å². The summed E-state index contributed by atoms with van der Waals surface area (Å²) >= 11 is 5.26. The van der Waals surface area contributed by atoms with Crippen LogP contribution in [0.2, 0.25) is 0 Å². The van der Waals surface area contributed by atoms with E-state index >= 15 is 0 Å². The van der Waals surface area contributed by atoms with Crippen molar-refractivity contribution in [2.75, 3.05) is 12.1 Å². The van der Waals surface area contributed by atoms with Crippen molar-refractivity contribution in [1.82, 2.24) is 0 Å². The van der Waals surface area contributed by atoms with Crippen molar-refractivity contribution >= 4 is 21.4 Å². The van der Waals surface area contributed by atoms with Crippen molar-refractivity contribution in [3.05, 3.63) is 0 Å². The number of halogens is 1. The number of alkyl halides is 1. The molecule has 0 saturated carbocycles. The number of rotatable bonds is 2.